The van der Waals surface area contributed by atoms with Gasteiger partial charge in [0.05, 0.1) is 13.4 Å². The lowest BCUT2D eigenvalue weighted by atomic mass is 10.0. The minimum Gasteiger partial charge on any atom is -0.487 e. The Bertz CT molecular complexity index is 1230. The molecule has 4 rings (SSSR count). The number of carbonyl (C=O) groups excluding carboxylic acids is 1. The summed E-state index contributed by atoms with van der Waals surface area (Å²) in [6, 6.07) is 27.5. The molecule has 0 bridgehead atoms. The highest BCUT2D eigenvalue weighted by molar-refractivity contribution is 14.1. The van der Waals surface area contributed by atoms with Crippen molar-refractivity contribution in [2.75, 3.05) is 0 Å². The molecule has 0 aliphatic rings. The van der Waals surface area contributed by atoms with Crippen molar-refractivity contribution in [2.24, 2.45) is 5.10 Å². The lowest BCUT2D eigenvalue weighted by Gasteiger charge is -2.11. The molecule has 0 unspecified atom stereocenters. The molecular weight excluding hydrogens is 614 g/mol. The molecule has 154 valence electrons. The first-order valence-electron chi connectivity index (χ1n) is 9.59. The number of nitrogens with zero attached hydrogens (tertiary/aromatic N) is 1. The van der Waals surface area contributed by atoms with Gasteiger partial charge in [-0.25, -0.2) is 5.43 Å². The average molecular weight is 632 g/mol. The van der Waals surface area contributed by atoms with Gasteiger partial charge in [-0.1, -0.05) is 66.7 Å². The van der Waals surface area contributed by atoms with E-state index in [0.29, 0.717) is 12.2 Å². The molecule has 0 radical (unpaired) electrons. The van der Waals surface area contributed by atoms with Crippen LogP contribution < -0.4 is 10.2 Å². The second-order valence-electron chi connectivity index (χ2n) is 6.81. The summed E-state index contributed by atoms with van der Waals surface area (Å²) < 4.78 is 8.00. The zero-order valence-electron chi connectivity index (χ0n) is 16.4. The van der Waals surface area contributed by atoms with Crippen molar-refractivity contribution in [3.05, 3.63) is 109 Å². The van der Waals surface area contributed by atoms with Crippen LogP contribution in [0.4, 0.5) is 0 Å². The minimum absolute atomic E-state index is 0.236. The van der Waals surface area contributed by atoms with Crippen LogP contribution in [-0.4, -0.2) is 12.1 Å². The van der Waals surface area contributed by atoms with E-state index in [-0.39, 0.29) is 5.91 Å². The van der Waals surface area contributed by atoms with Crippen LogP contribution >= 0.6 is 45.2 Å². The Labute approximate surface area is 208 Å². The highest BCUT2D eigenvalue weighted by Crippen LogP contribution is 2.29. The van der Waals surface area contributed by atoms with Crippen molar-refractivity contribution in [1.82, 2.24) is 5.43 Å². The standard InChI is InChI=1S/C25H18I2N2O2/c26-22-13-18(14-23(27)24(22)31-16-17-7-2-1-3-8-17)15-28-29-25(30)21-12-6-10-19-9-4-5-11-20(19)21/h1-15H,16H2,(H,29,30)/b28-15-. The Hall–Kier alpha value is -2.46. The van der Waals surface area contributed by atoms with E-state index in [1.807, 2.05) is 78.9 Å². The molecular formula is C25H18I2N2O2. The molecule has 4 aromatic rings. The van der Waals surface area contributed by atoms with Crippen LogP contribution in [0.15, 0.2) is 90.0 Å². The smallest absolute Gasteiger partial charge is 0.271 e. The Morgan fingerprint density at radius 3 is 2.35 bits per heavy atom. The molecule has 6 heteroatoms. The monoisotopic (exact) mass is 632 g/mol. The van der Waals surface area contributed by atoms with Gasteiger partial charge in [0, 0.05) is 5.56 Å². The first-order chi connectivity index (χ1) is 15.1. The van der Waals surface area contributed by atoms with E-state index < -0.39 is 0 Å². The number of benzene rings is 4. The summed E-state index contributed by atoms with van der Waals surface area (Å²) >= 11 is 4.52. The van der Waals surface area contributed by atoms with Gasteiger partial charge in [0.1, 0.15) is 12.4 Å². The fourth-order valence-electron chi connectivity index (χ4n) is 3.17. The Morgan fingerprint density at radius 1 is 0.903 bits per heavy atom. The molecule has 0 saturated heterocycles. The number of hydrogen-bond donors (Lipinski definition) is 1. The molecule has 0 saturated carbocycles. The third kappa shape index (κ3) is 5.43. The molecule has 1 amide bonds. The molecule has 0 fully saturated rings. The number of nitrogens with one attached hydrogen (secondary N) is 1. The predicted octanol–water partition coefficient (Wildman–Crippen LogP) is 6.39. The lowest BCUT2D eigenvalue weighted by molar-refractivity contribution is 0.0957. The molecule has 0 aromatic heterocycles. The van der Waals surface area contributed by atoms with Crippen molar-refractivity contribution >= 4 is 68.1 Å². The second-order valence-corrected chi connectivity index (χ2v) is 9.14. The normalized spacial score (nSPS) is 11.0. The quantitative estimate of drug-likeness (QED) is 0.152. The number of ether oxygens (including phenoxy) is 1. The number of carbonyl (C=O) groups is 1. The topological polar surface area (TPSA) is 50.7 Å². The summed E-state index contributed by atoms with van der Waals surface area (Å²) in [5, 5.41) is 6.09. The third-order valence-corrected chi connectivity index (χ3v) is 6.26. The summed E-state index contributed by atoms with van der Waals surface area (Å²) in [7, 11) is 0. The third-order valence-electron chi connectivity index (χ3n) is 4.66. The molecule has 0 aliphatic carbocycles. The van der Waals surface area contributed by atoms with Gasteiger partial charge in [-0.05, 0) is 85.3 Å². The molecule has 4 nitrogen and oxygen atoms in total. The Morgan fingerprint density at radius 2 is 1.58 bits per heavy atom. The maximum atomic E-state index is 12.6. The second kappa shape index (κ2) is 10.2. The Kier molecular flexibility index (Phi) is 7.18. The van der Waals surface area contributed by atoms with Crippen LogP contribution in [-0.2, 0) is 6.61 Å². The average Bonchev–Trinajstić information content (AvgIpc) is 2.79. The number of amides is 1. The van der Waals surface area contributed by atoms with Crippen molar-refractivity contribution in [3.8, 4) is 5.75 Å². The molecule has 4 aromatic carbocycles. The van der Waals surface area contributed by atoms with Gasteiger partial charge in [-0.15, -0.1) is 0 Å². The SMILES string of the molecule is O=C(N/N=C\c1cc(I)c(OCc2ccccc2)c(I)c1)c1cccc2ccccc12. The number of rotatable bonds is 6. The van der Waals surface area contributed by atoms with Gasteiger partial charge in [0.2, 0.25) is 0 Å². The van der Waals surface area contributed by atoms with Crippen LogP contribution in [0.5, 0.6) is 5.75 Å². The van der Waals surface area contributed by atoms with Crippen molar-refractivity contribution in [2.45, 2.75) is 6.61 Å². The van der Waals surface area contributed by atoms with Gasteiger partial charge in [0.25, 0.3) is 5.91 Å². The first kappa shape index (κ1) is 21.8. The number of hydrogen-bond acceptors (Lipinski definition) is 3. The van der Waals surface area contributed by atoms with Crippen LogP contribution in [0, 0.1) is 7.14 Å². The largest absolute Gasteiger partial charge is 0.487 e. The van der Waals surface area contributed by atoms with Crippen molar-refractivity contribution < 1.29 is 9.53 Å². The highest BCUT2D eigenvalue weighted by atomic mass is 127. The van der Waals surface area contributed by atoms with Crippen LogP contribution in [0.1, 0.15) is 21.5 Å². The summed E-state index contributed by atoms with van der Waals surface area (Å²) in [6.45, 7) is 0.515. The number of hydrazone groups is 1. The van der Waals surface area contributed by atoms with Crippen LogP contribution in [0.2, 0.25) is 0 Å². The molecule has 0 spiro atoms. The molecule has 0 aliphatic heterocycles. The zero-order valence-corrected chi connectivity index (χ0v) is 20.7. The Balaban J connectivity index is 1.44. The van der Waals surface area contributed by atoms with E-state index in [0.717, 1.165) is 34.8 Å². The minimum atomic E-state index is -0.236. The number of halogens is 2. The summed E-state index contributed by atoms with van der Waals surface area (Å²) in [4.78, 5) is 12.6. The van der Waals surface area contributed by atoms with Crippen LogP contribution in [0.3, 0.4) is 0 Å². The summed E-state index contributed by atoms with van der Waals surface area (Å²) in [5.74, 6) is 0.613. The van der Waals surface area contributed by atoms with Crippen molar-refractivity contribution in [3.63, 3.8) is 0 Å². The molecule has 0 heterocycles. The lowest BCUT2D eigenvalue weighted by Crippen LogP contribution is -2.18. The predicted molar refractivity (Wildman–Crippen MR) is 142 cm³/mol. The maximum Gasteiger partial charge on any atom is 0.271 e. The summed E-state index contributed by atoms with van der Waals surface area (Å²) in [5.41, 5.74) is 5.24. The fraction of sp³-hybridized carbons (Fsp3) is 0.0400. The van der Waals surface area contributed by atoms with E-state index in [4.69, 9.17) is 4.74 Å². The molecule has 1 N–H and O–H groups in total. The summed E-state index contributed by atoms with van der Waals surface area (Å²) in [6.07, 6.45) is 1.65. The van der Waals surface area contributed by atoms with Gasteiger partial charge in [-0.3, -0.25) is 4.79 Å². The van der Waals surface area contributed by atoms with Gasteiger partial charge in [0.15, 0.2) is 0 Å². The van der Waals surface area contributed by atoms with Crippen molar-refractivity contribution in [1.29, 1.82) is 0 Å². The van der Waals surface area contributed by atoms with E-state index in [2.05, 4.69) is 55.7 Å². The van der Waals surface area contributed by atoms with Gasteiger partial charge < -0.3 is 4.74 Å². The van der Waals surface area contributed by atoms with E-state index in [1.54, 1.807) is 12.3 Å². The van der Waals surface area contributed by atoms with Gasteiger partial charge in [-0.2, -0.15) is 5.10 Å². The zero-order chi connectivity index (χ0) is 21.6. The van der Waals surface area contributed by atoms with E-state index in [9.17, 15) is 4.79 Å². The van der Waals surface area contributed by atoms with E-state index >= 15 is 0 Å². The molecule has 31 heavy (non-hydrogen) atoms. The first-order valence-corrected chi connectivity index (χ1v) is 11.7. The van der Waals surface area contributed by atoms with Crippen LogP contribution in [0.25, 0.3) is 10.8 Å². The fourth-order valence-corrected chi connectivity index (χ4v) is 5.30. The van der Waals surface area contributed by atoms with E-state index in [1.165, 1.54) is 0 Å². The molecule has 0 atom stereocenters. The highest BCUT2D eigenvalue weighted by Gasteiger charge is 2.10. The maximum absolute atomic E-state index is 12.6. The number of fused-ring (bicyclic) bond motifs is 1. The van der Waals surface area contributed by atoms with Gasteiger partial charge >= 0.3 is 0 Å².